The lowest BCUT2D eigenvalue weighted by Gasteiger charge is -2.34. The average molecular weight is 311 g/mol. The molecular weight excluding hydrogens is 292 g/mol. The standard InChI is InChI=1S/C15H19ClN2O3/c16-11-2-3-12(15(17)21)13(9-11)18-7-5-10(6-8-18)1-4-14(19)20/h2-3,9-10H,1,4-8H2,(H2,17,21)(H,19,20). The molecule has 5 nitrogen and oxygen atoms in total. The molecule has 1 heterocycles. The third-order valence-corrected chi connectivity index (χ3v) is 4.18. The Kier molecular flexibility index (Phi) is 5.07. The van der Waals surface area contributed by atoms with Gasteiger partial charge in [-0.3, -0.25) is 9.59 Å². The quantitative estimate of drug-likeness (QED) is 0.875. The SMILES string of the molecule is NC(=O)c1ccc(Cl)cc1N1CCC(CCC(=O)O)CC1. The largest absolute Gasteiger partial charge is 0.481 e. The molecule has 0 radical (unpaired) electrons. The smallest absolute Gasteiger partial charge is 0.303 e. The van der Waals surface area contributed by atoms with Crippen LogP contribution in [0.3, 0.4) is 0 Å². The minimum absolute atomic E-state index is 0.217. The van der Waals surface area contributed by atoms with E-state index >= 15 is 0 Å². The van der Waals surface area contributed by atoms with Crippen LogP contribution in [0.4, 0.5) is 5.69 Å². The van der Waals surface area contributed by atoms with Crippen molar-refractivity contribution in [3.63, 3.8) is 0 Å². The molecule has 21 heavy (non-hydrogen) atoms. The average Bonchev–Trinajstić information content (AvgIpc) is 2.45. The molecule has 3 N–H and O–H groups in total. The second kappa shape index (κ2) is 6.80. The summed E-state index contributed by atoms with van der Waals surface area (Å²) in [5, 5.41) is 9.30. The Morgan fingerprint density at radius 1 is 1.33 bits per heavy atom. The Morgan fingerprint density at radius 2 is 2.00 bits per heavy atom. The zero-order valence-electron chi connectivity index (χ0n) is 11.7. The molecule has 1 aliphatic heterocycles. The van der Waals surface area contributed by atoms with E-state index in [4.69, 9.17) is 22.4 Å². The minimum Gasteiger partial charge on any atom is -0.481 e. The lowest BCUT2D eigenvalue weighted by molar-refractivity contribution is -0.137. The fraction of sp³-hybridized carbons (Fsp3) is 0.467. The molecule has 6 heteroatoms. The lowest BCUT2D eigenvalue weighted by atomic mass is 9.91. The summed E-state index contributed by atoms with van der Waals surface area (Å²) < 4.78 is 0. The van der Waals surface area contributed by atoms with Crippen LogP contribution < -0.4 is 10.6 Å². The summed E-state index contributed by atoms with van der Waals surface area (Å²) in [5.74, 6) is -0.786. The van der Waals surface area contributed by atoms with Crippen molar-refractivity contribution in [2.75, 3.05) is 18.0 Å². The van der Waals surface area contributed by atoms with Gasteiger partial charge >= 0.3 is 5.97 Å². The summed E-state index contributed by atoms with van der Waals surface area (Å²) >= 11 is 6.01. The third kappa shape index (κ3) is 4.11. The molecule has 0 saturated carbocycles. The van der Waals surface area contributed by atoms with Crippen molar-refractivity contribution in [1.82, 2.24) is 0 Å². The van der Waals surface area contributed by atoms with Gasteiger partial charge in [-0.15, -0.1) is 0 Å². The van der Waals surface area contributed by atoms with Gasteiger partial charge in [0, 0.05) is 24.5 Å². The summed E-state index contributed by atoms with van der Waals surface area (Å²) in [6.45, 7) is 1.57. The van der Waals surface area contributed by atoms with Crippen molar-refractivity contribution < 1.29 is 14.7 Å². The fourth-order valence-electron chi connectivity index (χ4n) is 2.76. The van der Waals surface area contributed by atoms with Crippen LogP contribution in [0.2, 0.25) is 5.02 Å². The first kappa shape index (κ1) is 15.6. The van der Waals surface area contributed by atoms with Crippen LogP contribution in [0.15, 0.2) is 18.2 Å². The highest BCUT2D eigenvalue weighted by Crippen LogP contribution is 2.30. The molecule has 1 amide bonds. The highest BCUT2D eigenvalue weighted by molar-refractivity contribution is 6.31. The number of aliphatic carboxylic acids is 1. The van der Waals surface area contributed by atoms with E-state index in [1.165, 1.54) is 0 Å². The van der Waals surface area contributed by atoms with Gasteiger partial charge in [-0.2, -0.15) is 0 Å². The number of halogens is 1. The number of hydrogen-bond donors (Lipinski definition) is 2. The van der Waals surface area contributed by atoms with Crippen molar-refractivity contribution in [3.8, 4) is 0 Å². The number of rotatable bonds is 5. The molecule has 0 unspecified atom stereocenters. The summed E-state index contributed by atoms with van der Waals surface area (Å²) in [5.41, 5.74) is 6.65. The molecule has 1 aromatic carbocycles. The van der Waals surface area contributed by atoms with Crippen LogP contribution in [-0.2, 0) is 4.79 Å². The van der Waals surface area contributed by atoms with Gasteiger partial charge in [0.15, 0.2) is 0 Å². The number of carboxylic acids is 1. The highest BCUT2D eigenvalue weighted by Gasteiger charge is 2.22. The van der Waals surface area contributed by atoms with Crippen molar-refractivity contribution in [2.45, 2.75) is 25.7 Å². The number of carbonyl (C=O) groups excluding carboxylic acids is 1. The van der Waals surface area contributed by atoms with Gasteiger partial charge in [-0.1, -0.05) is 11.6 Å². The molecule has 114 valence electrons. The zero-order chi connectivity index (χ0) is 15.4. The maximum Gasteiger partial charge on any atom is 0.303 e. The van der Waals surface area contributed by atoms with E-state index < -0.39 is 11.9 Å². The van der Waals surface area contributed by atoms with Gasteiger partial charge in [0.25, 0.3) is 5.91 Å². The van der Waals surface area contributed by atoms with Gasteiger partial charge in [0.05, 0.1) is 11.3 Å². The molecule has 1 fully saturated rings. The highest BCUT2D eigenvalue weighted by atomic mass is 35.5. The minimum atomic E-state index is -0.747. The fourth-order valence-corrected chi connectivity index (χ4v) is 2.93. The third-order valence-electron chi connectivity index (χ3n) is 3.95. The Labute approximate surface area is 128 Å². The summed E-state index contributed by atoms with van der Waals surface area (Å²) in [6, 6.07) is 5.07. The molecular formula is C15H19ClN2O3. The number of carbonyl (C=O) groups is 2. The van der Waals surface area contributed by atoms with E-state index in [1.807, 2.05) is 0 Å². The summed E-state index contributed by atoms with van der Waals surface area (Å²) in [4.78, 5) is 24.2. The second-order valence-corrected chi connectivity index (χ2v) is 5.82. The zero-order valence-corrected chi connectivity index (χ0v) is 12.5. The topological polar surface area (TPSA) is 83.6 Å². The first-order chi connectivity index (χ1) is 9.97. The molecule has 1 saturated heterocycles. The predicted octanol–water partition coefficient (Wildman–Crippen LogP) is 2.52. The Balaban J connectivity index is 2.03. The van der Waals surface area contributed by atoms with E-state index in [-0.39, 0.29) is 6.42 Å². The van der Waals surface area contributed by atoms with Gasteiger partial charge in [0.2, 0.25) is 0 Å². The van der Waals surface area contributed by atoms with Crippen molar-refractivity contribution in [1.29, 1.82) is 0 Å². The molecule has 1 aliphatic rings. The van der Waals surface area contributed by atoms with Crippen LogP contribution in [-0.4, -0.2) is 30.1 Å². The van der Waals surface area contributed by atoms with Gasteiger partial charge < -0.3 is 15.7 Å². The Bertz CT molecular complexity index is 540. The van der Waals surface area contributed by atoms with Gasteiger partial charge in [0.1, 0.15) is 0 Å². The second-order valence-electron chi connectivity index (χ2n) is 5.39. The van der Waals surface area contributed by atoms with E-state index in [1.54, 1.807) is 18.2 Å². The number of primary amides is 1. The molecule has 0 spiro atoms. The first-order valence-corrected chi connectivity index (χ1v) is 7.41. The molecule has 0 bridgehead atoms. The first-order valence-electron chi connectivity index (χ1n) is 7.03. The van der Waals surface area contributed by atoms with E-state index in [0.29, 0.717) is 22.9 Å². The molecule has 0 aliphatic carbocycles. The van der Waals surface area contributed by atoms with Gasteiger partial charge in [-0.05, 0) is 43.4 Å². The number of piperidine rings is 1. The van der Waals surface area contributed by atoms with Crippen LogP contribution in [0.5, 0.6) is 0 Å². The van der Waals surface area contributed by atoms with Crippen LogP contribution in [0, 0.1) is 5.92 Å². The number of anilines is 1. The van der Waals surface area contributed by atoms with E-state index in [9.17, 15) is 9.59 Å². The number of amides is 1. The Morgan fingerprint density at radius 3 is 2.57 bits per heavy atom. The van der Waals surface area contributed by atoms with E-state index in [0.717, 1.165) is 31.6 Å². The number of nitrogens with zero attached hydrogens (tertiary/aromatic N) is 1. The predicted molar refractivity (Wildman–Crippen MR) is 81.8 cm³/mol. The molecule has 0 atom stereocenters. The molecule has 1 aromatic rings. The summed E-state index contributed by atoms with van der Waals surface area (Å²) in [7, 11) is 0. The van der Waals surface area contributed by atoms with Crippen LogP contribution in [0.1, 0.15) is 36.0 Å². The number of hydrogen-bond acceptors (Lipinski definition) is 3. The van der Waals surface area contributed by atoms with Crippen molar-refractivity contribution in [2.24, 2.45) is 11.7 Å². The van der Waals surface area contributed by atoms with Crippen molar-refractivity contribution in [3.05, 3.63) is 28.8 Å². The maximum absolute atomic E-state index is 11.5. The van der Waals surface area contributed by atoms with Crippen molar-refractivity contribution >= 4 is 29.2 Å². The monoisotopic (exact) mass is 310 g/mol. The van der Waals surface area contributed by atoms with Gasteiger partial charge in [-0.25, -0.2) is 0 Å². The maximum atomic E-state index is 11.5. The lowest BCUT2D eigenvalue weighted by Crippen LogP contribution is -2.35. The number of carboxylic acid groups (broad SMARTS) is 1. The molecule has 0 aromatic heterocycles. The summed E-state index contributed by atoms with van der Waals surface area (Å²) in [6.07, 6.45) is 2.76. The van der Waals surface area contributed by atoms with Crippen LogP contribution >= 0.6 is 11.6 Å². The van der Waals surface area contributed by atoms with E-state index in [2.05, 4.69) is 4.90 Å². The normalized spacial score (nSPS) is 16.0. The van der Waals surface area contributed by atoms with Crippen LogP contribution in [0.25, 0.3) is 0 Å². The number of benzene rings is 1. The Hall–Kier alpha value is -1.75. The number of nitrogens with two attached hydrogens (primary N) is 1. The molecule has 2 rings (SSSR count).